The van der Waals surface area contributed by atoms with Crippen molar-refractivity contribution in [3.63, 3.8) is 0 Å². The topological polar surface area (TPSA) is 104 Å². The Morgan fingerprint density at radius 3 is 2.82 bits per heavy atom. The Bertz CT molecular complexity index is 1100. The average molecular weight is 379 g/mol. The van der Waals surface area contributed by atoms with Gasteiger partial charge in [0.25, 0.3) is 0 Å². The van der Waals surface area contributed by atoms with Crippen molar-refractivity contribution in [2.75, 3.05) is 7.11 Å². The minimum absolute atomic E-state index is 0.314. The number of carbonyl (C=O) groups excluding carboxylic acids is 2. The molecule has 3 heterocycles. The number of aromatic amines is 1. The van der Waals surface area contributed by atoms with Gasteiger partial charge in [0.1, 0.15) is 0 Å². The number of rotatable bonds is 4. The largest absolute Gasteiger partial charge is 0.466 e. The maximum absolute atomic E-state index is 12.4. The van der Waals surface area contributed by atoms with Crippen LogP contribution in [-0.2, 0) is 20.7 Å². The molecule has 0 saturated carbocycles. The predicted octanol–water partition coefficient (Wildman–Crippen LogP) is 2.06. The molecular weight excluding hydrogens is 358 g/mol. The normalized spacial score (nSPS) is 20.7. The van der Waals surface area contributed by atoms with E-state index in [4.69, 9.17) is 4.74 Å². The van der Waals surface area contributed by atoms with Crippen molar-refractivity contribution in [1.82, 2.24) is 15.3 Å². The summed E-state index contributed by atoms with van der Waals surface area (Å²) < 4.78 is 4.89. The van der Waals surface area contributed by atoms with E-state index in [0.717, 1.165) is 27.5 Å². The van der Waals surface area contributed by atoms with Gasteiger partial charge in [0.05, 0.1) is 35.9 Å². The Labute approximate surface area is 161 Å². The second-order valence-electron chi connectivity index (χ2n) is 7.03. The summed E-state index contributed by atoms with van der Waals surface area (Å²) in [7, 11) is 1.30. The highest BCUT2D eigenvalue weighted by Crippen LogP contribution is 2.34. The summed E-state index contributed by atoms with van der Waals surface area (Å²) in [5.74, 6) is -2.18. The van der Waals surface area contributed by atoms with Crippen LogP contribution in [0, 0.1) is 11.8 Å². The van der Waals surface area contributed by atoms with Gasteiger partial charge >= 0.3 is 5.97 Å². The Morgan fingerprint density at radius 2 is 2.07 bits per heavy atom. The number of aliphatic hydroxyl groups excluding tert-OH is 1. The Morgan fingerprint density at radius 1 is 1.29 bits per heavy atom. The second-order valence-corrected chi connectivity index (χ2v) is 7.03. The number of amides is 1. The summed E-state index contributed by atoms with van der Waals surface area (Å²) in [4.78, 5) is 32.6. The van der Waals surface area contributed by atoms with Crippen LogP contribution in [0.3, 0.4) is 0 Å². The van der Waals surface area contributed by atoms with Crippen LogP contribution in [0.2, 0.25) is 0 Å². The summed E-state index contributed by atoms with van der Waals surface area (Å²) >= 11 is 0. The molecule has 1 aromatic carbocycles. The van der Waals surface area contributed by atoms with E-state index in [1.54, 1.807) is 13.1 Å². The van der Waals surface area contributed by atoms with Crippen molar-refractivity contribution >= 4 is 33.7 Å². The lowest BCUT2D eigenvalue weighted by atomic mass is 9.77. The molecule has 3 N–H and O–H groups in total. The minimum Gasteiger partial charge on any atom is -0.466 e. The molecule has 144 valence electrons. The average Bonchev–Trinajstić information content (AvgIpc) is 3.07. The lowest BCUT2D eigenvalue weighted by Crippen LogP contribution is -2.46. The Balaban J connectivity index is 1.82. The van der Waals surface area contributed by atoms with Crippen molar-refractivity contribution in [3.8, 4) is 0 Å². The molecule has 0 saturated heterocycles. The highest BCUT2D eigenvalue weighted by atomic mass is 16.5. The number of aromatic nitrogens is 2. The molecule has 7 nitrogen and oxygen atoms in total. The standard InChI is InChI=1S/C21H21N3O4/c1-11(25)18-14(15(21(27)28-2)10-23-20(18)26)9-17-19-13(7-8-22-17)12-5-3-4-6-16(12)24-19/h3-8,10-11,14,18,24-25H,9H2,1-2H3,(H,23,26). The molecule has 0 bridgehead atoms. The number of para-hydroxylation sites is 1. The van der Waals surface area contributed by atoms with E-state index < -0.39 is 23.9 Å². The highest BCUT2D eigenvalue weighted by Gasteiger charge is 2.40. The third-order valence-electron chi connectivity index (χ3n) is 5.37. The van der Waals surface area contributed by atoms with Gasteiger partial charge in [-0.2, -0.15) is 0 Å². The van der Waals surface area contributed by atoms with E-state index in [2.05, 4.69) is 15.3 Å². The zero-order chi connectivity index (χ0) is 19.8. The first-order valence-corrected chi connectivity index (χ1v) is 9.12. The number of H-pyrrole nitrogens is 1. The molecule has 4 rings (SSSR count). The number of fused-ring (bicyclic) bond motifs is 3. The molecule has 1 aliphatic heterocycles. The molecule has 28 heavy (non-hydrogen) atoms. The van der Waals surface area contributed by atoms with Crippen LogP contribution in [0.4, 0.5) is 0 Å². The summed E-state index contributed by atoms with van der Waals surface area (Å²) in [5, 5.41) is 14.9. The molecule has 3 aromatic rings. The van der Waals surface area contributed by atoms with Crippen LogP contribution in [0.25, 0.3) is 21.8 Å². The molecule has 3 atom stereocenters. The van der Waals surface area contributed by atoms with E-state index in [0.29, 0.717) is 12.0 Å². The summed E-state index contributed by atoms with van der Waals surface area (Å²) in [6.45, 7) is 1.55. The fraction of sp³-hybridized carbons (Fsp3) is 0.286. The lowest BCUT2D eigenvalue weighted by molar-refractivity contribution is -0.138. The number of ether oxygens (including phenoxy) is 1. The Kier molecular flexibility index (Phi) is 4.60. The van der Waals surface area contributed by atoms with Gasteiger partial charge in [0.15, 0.2) is 0 Å². The van der Waals surface area contributed by atoms with Crippen LogP contribution in [0.15, 0.2) is 48.3 Å². The first-order valence-electron chi connectivity index (χ1n) is 9.12. The molecule has 2 aromatic heterocycles. The van der Waals surface area contributed by atoms with Crippen molar-refractivity contribution < 1.29 is 19.4 Å². The number of aliphatic hydroxyl groups is 1. The summed E-state index contributed by atoms with van der Waals surface area (Å²) in [6, 6.07) is 9.89. The fourth-order valence-corrected chi connectivity index (χ4v) is 4.04. The quantitative estimate of drug-likeness (QED) is 0.602. The van der Waals surface area contributed by atoms with E-state index in [1.807, 2.05) is 30.3 Å². The number of hydrogen-bond acceptors (Lipinski definition) is 5. The van der Waals surface area contributed by atoms with Crippen molar-refractivity contribution in [3.05, 3.63) is 54.0 Å². The van der Waals surface area contributed by atoms with Crippen LogP contribution in [0.1, 0.15) is 12.6 Å². The SMILES string of the molecule is COC(=O)C1=CNC(=O)C(C(C)O)C1Cc1nccc2c1[nH]c1ccccc12. The number of pyridine rings is 1. The maximum Gasteiger partial charge on any atom is 0.335 e. The summed E-state index contributed by atoms with van der Waals surface area (Å²) in [6.07, 6.45) is 2.48. The monoisotopic (exact) mass is 379 g/mol. The van der Waals surface area contributed by atoms with Crippen LogP contribution in [0.5, 0.6) is 0 Å². The predicted molar refractivity (Wildman–Crippen MR) is 104 cm³/mol. The van der Waals surface area contributed by atoms with Gasteiger partial charge in [-0.05, 0) is 25.5 Å². The van der Waals surface area contributed by atoms with Gasteiger partial charge in [-0.1, -0.05) is 18.2 Å². The van der Waals surface area contributed by atoms with Gasteiger partial charge < -0.3 is 20.1 Å². The number of methoxy groups -OCH3 is 1. The number of esters is 1. The first-order chi connectivity index (χ1) is 13.5. The number of nitrogens with one attached hydrogen (secondary N) is 2. The maximum atomic E-state index is 12.4. The van der Waals surface area contributed by atoms with Crippen molar-refractivity contribution in [1.29, 1.82) is 0 Å². The first kappa shape index (κ1) is 18.2. The molecular formula is C21H21N3O4. The number of carbonyl (C=O) groups is 2. The fourth-order valence-electron chi connectivity index (χ4n) is 4.04. The molecule has 7 heteroatoms. The van der Waals surface area contributed by atoms with E-state index in [9.17, 15) is 14.7 Å². The van der Waals surface area contributed by atoms with Gasteiger partial charge in [0.2, 0.25) is 5.91 Å². The molecule has 0 aliphatic carbocycles. The number of nitrogens with zero attached hydrogens (tertiary/aromatic N) is 1. The van der Waals surface area contributed by atoms with Crippen molar-refractivity contribution in [2.24, 2.45) is 11.8 Å². The van der Waals surface area contributed by atoms with Crippen LogP contribution < -0.4 is 5.32 Å². The molecule has 0 spiro atoms. The number of hydrogen-bond donors (Lipinski definition) is 3. The van der Waals surface area contributed by atoms with E-state index in [-0.39, 0.29) is 5.91 Å². The third kappa shape index (κ3) is 2.93. The third-order valence-corrected chi connectivity index (χ3v) is 5.37. The molecule has 0 radical (unpaired) electrons. The van der Waals surface area contributed by atoms with E-state index >= 15 is 0 Å². The van der Waals surface area contributed by atoms with Gasteiger partial charge in [-0.15, -0.1) is 0 Å². The van der Waals surface area contributed by atoms with Gasteiger partial charge in [-0.25, -0.2) is 4.79 Å². The van der Waals surface area contributed by atoms with E-state index in [1.165, 1.54) is 13.3 Å². The van der Waals surface area contributed by atoms with Crippen LogP contribution >= 0.6 is 0 Å². The lowest BCUT2D eigenvalue weighted by Gasteiger charge is -2.32. The zero-order valence-corrected chi connectivity index (χ0v) is 15.6. The number of benzene rings is 1. The minimum atomic E-state index is -0.930. The molecule has 3 unspecified atom stereocenters. The van der Waals surface area contributed by atoms with Gasteiger partial charge in [0, 0.05) is 34.6 Å². The zero-order valence-electron chi connectivity index (χ0n) is 15.6. The van der Waals surface area contributed by atoms with Crippen LogP contribution in [-0.4, -0.2) is 40.2 Å². The highest BCUT2D eigenvalue weighted by molar-refractivity contribution is 6.07. The Hall–Kier alpha value is -3.19. The molecule has 0 fully saturated rings. The van der Waals surface area contributed by atoms with Crippen molar-refractivity contribution in [2.45, 2.75) is 19.4 Å². The summed E-state index contributed by atoms with van der Waals surface area (Å²) in [5.41, 5.74) is 2.91. The molecule has 1 amide bonds. The smallest absolute Gasteiger partial charge is 0.335 e. The molecule has 1 aliphatic rings. The van der Waals surface area contributed by atoms with Gasteiger partial charge in [-0.3, -0.25) is 9.78 Å². The second kappa shape index (κ2) is 7.09.